The molecule has 0 N–H and O–H groups in total. The van der Waals surface area contributed by atoms with Crippen LogP contribution in [0.3, 0.4) is 0 Å². The van der Waals surface area contributed by atoms with Crippen molar-refractivity contribution in [3.05, 3.63) is 94.2 Å². The molecule has 1 atom stereocenters. The Hall–Kier alpha value is -2.76. The molecule has 7 heteroatoms. The van der Waals surface area contributed by atoms with Gasteiger partial charge < -0.3 is 4.84 Å². The Kier molecular flexibility index (Phi) is 4.64. The summed E-state index contributed by atoms with van der Waals surface area (Å²) < 4.78 is 13.4. The number of rotatable bonds is 3. The molecule has 136 valence electrons. The average Bonchev–Trinajstić information content (AvgIpc) is 3.02. The third kappa shape index (κ3) is 3.31. The van der Waals surface area contributed by atoms with Gasteiger partial charge in [-0.25, -0.2) is 14.1 Å². The van der Waals surface area contributed by atoms with Crippen LogP contribution in [0.4, 0.5) is 20.6 Å². The fourth-order valence-corrected chi connectivity index (χ4v) is 3.24. The highest BCUT2D eigenvalue weighted by atomic mass is 35.5. The van der Waals surface area contributed by atoms with Gasteiger partial charge in [-0.15, -0.1) is 0 Å². The van der Waals surface area contributed by atoms with Crippen LogP contribution >= 0.6 is 23.2 Å². The predicted molar refractivity (Wildman–Crippen MR) is 103 cm³/mol. The molecule has 4 nitrogen and oxygen atoms in total. The Labute approximate surface area is 165 Å². The molecule has 0 radical (unpaired) electrons. The summed E-state index contributed by atoms with van der Waals surface area (Å²) in [6.45, 7) is 0. The van der Waals surface area contributed by atoms with E-state index < -0.39 is 12.3 Å². The fourth-order valence-electron chi connectivity index (χ4n) is 2.95. The number of amides is 1. The summed E-state index contributed by atoms with van der Waals surface area (Å²) in [6.07, 6.45) is -1.22. The zero-order chi connectivity index (χ0) is 19.0. The molecule has 1 aliphatic rings. The second-order valence-electron chi connectivity index (χ2n) is 5.91. The lowest BCUT2D eigenvalue weighted by atomic mass is 10.1. The van der Waals surface area contributed by atoms with Crippen LogP contribution in [-0.2, 0) is 4.84 Å². The minimum Gasteiger partial charge on any atom is -0.319 e. The molecule has 3 aromatic carbocycles. The van der Waals surface area contributed by atoms with E-state index in [1.807, 2.05) is 30.3 Å². The smallest absolute Gasteiger partial charge is 0.319 e. The zero-order valence-electron chi connectivity index (χ0n) is 13.9. The summed E-state index contributed by atoms with van der Waals surface area (Å²) in [5.41, 5.74) is 1.88. The van der Waals surface area contributed by atoms with Crippen LogP contribution in [0.5, 0.6) is 0 Å². The molecular weight excluding hydrogens is 390 g/mol. The molecule has 4 rings (SSSR count). The zero-order valence-corrected chi connectivity index (χ0v) is 15.4. The highest BCUT2D eigenvalue weighted by molar-refractivity contribution is 6.42. The maximum absolute atomic E-state index is 13.4. The lowest BCUT2D eigenvalue weighted by Gasteiger charge is -2.27. The van der Waals surface area contributed by atoms with Gasteiger partial charge in [0.25, 0.3) is 0 Å². The first-order valence-corrected chi connectivity index (χ1v) is 8.86. The number of anilines is 2. The van der Waals surface area contributed by atoms with E-state index in [0.29, 0.717) is 27.0 Å². The second kappa shape index (κ2) is 7.10. The Balaban J connectivity index is 1.84. The Morgan fingerprint density at radius 2 is 1.56 bits per heavy atom. The van der Waals surface area contributed by atoms with E-state index in [1.165, 1.54) is 22.1 Å². The summed E-state index contributed by atoms with van der Waals surface area (Å²) >= 11 is 12.1. The average molecular weight is 403 g/mol. The van der Waals surface area contributed by atoms with Crippen molar-refractivity contribution >= 4 is 40.7 Å². The summed E-state index contributed by atoms with van der Waals surface area (Å²) in [5.74, 6) is -0.364. The fraction of sp³-hybridized carbons (Fsp3) is 0.0500. The molecular formula is C20H13Cl2FN2O2. The first kappa shape index (κ1) is 17.6. The van der Waals surface area contributed by atoms with Gasteiger partial charge in [-0.05, 0) is 48.0 Å². The highest BCUT2D eigenvalue weighted by Crippen LogP contribution is 2.40. The van der Waals surface area contributed by atoms with Crippen molar-refractivity contribution in [3.8, 4) is 0 Å². The normalized spacial score (nSPS) is 16.6. The molecule has 0 saturated carbocycles. The van der Waals surface area contributed by atoms with Crippen molar-refractivity contribution in [2.45, 2.75) is 6.17 Å². The quantitative estimate of drug-likeness (QED) is 0.521. The van der Waals surface area contributed by atoms with Gasteiger partial charge in [-0.3, -0.25) is 0 Å². The van der Waals surface area contributed by atoms with E-state index in [-0.39, 0.29) is 5.82 Å². The van der Waals surface area contributed by atoms with Crippen LogP contribution < -0.4 is 9.96 Å². The van der Waals surface area contributed by atoms with Gasteiger partial charge in [-0.1, -0.05) is 53.5 Å². The standard InChI is InChI=1S/C20H13Cl2FN2O2/c21-17-11-10-16(12-18(17)22)24-19(13-6-8-14(23)9-7-13)25(27-20(24)26)15-4-2-1-3-5-15/h1-12,19H. The molecule has 27 heavy (non-hydrogen) atoms. The molecule has 0 spiro atoms. The number of hydrogen-bond donors (Lipinski definition) is 0. The van der Waals surface area contributed by atoms with Crippen LogP contribution in [0.2, 0.25) is 10.0 Å². The first-order valence-electron chi connectivity index (χ1n) is 8.10. The van der Waals surface area contributed by atoms with Crippen LogP contribution in [0.1, 0.15) is 11.7 Å². The van der Waals surface area contributed by atoms with Crippen LogP contribution in [0.25, 0.3) is 0 Å². The molecule has 1 aliphatic heterocycles. The Bertz CT molecular complexity index is 983. The molecule has 0 aliphatic carbocycles. The van der Waals surface area contributed by atoms with E-state index in [4.69, 9.17) is 28.0 Å². The number of hydrogen-bond acceptors (Lipinski definition) is 3. The number of carbonyl (C=O) groups is 1. The topological polar surface area (TPSA) is 32.8 Å². The first-order chi connectivity index (χ1) is 13.0. The van der Waals surface area contributed by atoms with Crippen molar-refractivity contribution in [1.82, 2.24) is 0 Å². The molecule has 0 aromatic heterocycles. The van der Waals surface area contributed by atoms with Crippen LogP contribution in [0.15, 0.2) is 72.8 Å². The molecule has 1 heterocycles. The summed E-state index contributed by atoms with van der Waals surface area (Å²) in [5, 5.41) is 2.18. The minimum absolute atomic E-state index is 0.318. The van der Waals surface area contributed by atoms with Crippen LogP contribution in [0, 0.1) is 5.82 Å². The number of halogens is 3. The Morgan fingerprint density at radius 3 is 2.22 bits per heavy atom. The van der Waals surface area contributed by atoms with E-state index >= 15 is 0 Å². The SMILES string of the molecule is O=C1ON(c2ccccc2)C(c2ccc(F)cc2)N1c1ccc(Cl)c(Cl)c1. The van der Waals surface area contributed by atoms with E-state index in [1.54, 1.807) is 30.3 Å². The van der Waals surface area contributed by atoms with Crippen molar-refractivity contribution in [1.29, 1.82) is 0 Å². The van der Waals surface area contributed by atoms with Crippen LogP contribution in [-0.4, -0.2) is 6.09 Å². The number of hydroxylamine groups is 1. The van der Waals surface area contributed by atoms with Crippen molar-refractivity contribution in [2.24, 2.45) is 0 Å². The monoisotopic (exact) mass is 402 g/mol. The van der Waals surface area contributed by atoms with Crippen molar-refractivity contribution in [3.63, 3.8) is 0 Å². The van der Waals surface area contributed by atoms with E-state index in [2.05, 4.69) is 0 Å². The minimum atomic E-state index is -0.641. The highest BCUT2D eigenvalue weighted by Gasteiger charge is 2.43. The van der Waals surface area contributed by atoms with Gasteiger partial charge in [-0.2, -0.15) is 5.06 Å². The van der Waals surface area contributed by atoms with Gasteiger partial charge in [0.05, 0.1) is 21.4 Å². The molecule has 3 aromatic rings. The largest absolute Gasteiger partial charge is 0.440 e. The maximum Gasteiger partial charge on any atom is 0.440 e. The predicted octanol–water partition coefficient (Wildman–Crippen LogP) is 6.21. The molecule has 0 bridgehead atoms. The summed E-state index contributed by atoms with van der Waals surface area (Å²) in [4.78, 5) is 19.7. The van der Waals surface area contributed by atoms with Crippen molar-refractivity contribution in [2.75, 3.05) is 9.96 Å². The third-order valence-electron chi connectivity index (χ3n) is 4.20. The van der Waals surface area contributed by atoms with Gasteiger partial charge in [0.15, 0.2) is 6.17 Å². The lowest BCUT2D eigenvalue weighted by molar-refractivity contribution is 0.164. The lowest BCUT2D eigenvalue weighted by Crippen LogP contribution is -2.31. The Morgan fingerprint density at radius 1 is 0.852 bits per heavy atom. The maximum atomic E-state index is 13.4. The number of para-hydroxylation sites is 1. The van der Waals surface area contributed by atoms with E-state index in [9.17, 15) is 9.18 Å². The molecule has 1 unspecified atom stereocenters. The molecule has 1 amide bonds. The number of benzene rings is 3. The molecule has 1 saturated heterocycles. The van der Waals surface area contributed by atoms with Gasteiger partial charge >= 0.3 is 6.09 Å². The molecule has 1 fully saturated rings. The van der Waals surface area contributed by atoms with Crippen molar-refractivity contribution < 1.29 is 14.0 Å². The van der Waals surface area contributed by atoms with Gasteiger partial charge in [0, 0.05) is 0 Å². The summed E-state index contributed by atoms with van der Waals surface area (Å²) in [7, 11) is 0. The second-order valence-corrected chi connectivity index (χ2v) is 6.73. The van der Waals surface area contributed by atoms with Gasteiger partial charge in [0.2, 0.25) is 0 Å². The number of carbonyl (C=O) groups excluding carboxylic acids is 1. The van der Waals surface area contributed by atoms with E-state index in [0.717, 1.165) is 0 Å². The number of nitrogens with zero attached hydrogens (tertiary/aromatic N) is 2. The van der Waals surface area contributed by atoms with Gasteiger partial charge in [0.1, 0.15) is 5.82 Å². The third-order valence-corrected chi connectivity index (χ3v) is 4.94. The summed E-state index contributed by atoms with van der Waals surface area (Å²) in [6, 6.07) is 20.0.